The second-order valence-electron chi connectivity index (χ2n) is 4.56. The highest BCUT2D eigenvalue weighted by atomic mass is 32.1. The zero-order chi connectivity index (χ0) is 14.5. The molecule has 2 aromatic rings. The van der Waals surface area contributed by atoms with Gasteiger partial charge in [0.25, 0.3) is 0 Å². The molecule has 0 aliphatic heterocycles. The van der Waals surface area contributed by atoms with Gasteiger partial charge in [-0.05, 0) is 43.4 Å². The van der Waals surface area contributed by atoms with Gasteiger partial charge >= 0.3 is 0 Å². The van der Waals surface area contributed by atoms with E-state index in [1.165, 1.54) is 11.4 Å². The molecule has 0 aliphatic rings. The van der Waals surface area contributed by atoms with Crippen LogP contribution in [0.15, 0.2) is 36.4 Å². The van der Waals surface area contributed by atoms with Crippen LogP contribution in [0.3, 0.4) is 0 Å². The van der Waals surface area contributed by atoms with Gasteiger partial charge in [-0.1, -0.05) is 6.07 Å². The van der Waals surface area contributed by atoms with Crippen LogP contribution in [0.25, 0.3) is 0 Å². The van der Waals surface area contributed by atoms with Gasteiger partial charge in [0.05, 0.1) is 13.7 Å². The number of thiocarbonyl (C=S) groups is 1. The van der Waals surface area contributed by atoms with E-state index >= 15 is 0 Å². The second-order valence-corrected chi connectivity index (χ2v) is 4.97. The van der Waals surface area contributed by atoms with Gasteiger partial charge in [-0.2, -0.15) is 0 Å². The van der Waals surface area contributed by atoms with E-state index in [2.05, 4.69) is 34.3 Å². The molecule has 4 nitrogen and oxygen atoms in total. The summed E-state index contributed by atoms with van der Waals surface area (Å²) in [7, 11) is 3.69. The molecule has 1 aromatic heterocycles. The molecule has 5 heteroatoms. The van der Waals surface area contributed by atoms with E-state index in [0.29, 0.717) is 11.7 Å². The third-order valence-electron chi connectivity index (χ3n) is 3.23. The lowest BCUT2D eigenvalue weighted by Crippen LogP contribution is -2.28. The number of aryl methyl sites for hydroxylation is 1. The normalized spacial score (nSPS) is 10.2. The number of hydrogen-bond acceptors (Lipinski definition) is 2. The van der Waals surface area contributed by atoms with E-state index in [1.54, 1.807) is 7.11 Å². The SMILES string of the molecule is COc1cccc(NC(=S)NCc2ccc(C)n2C)c1. The number of ether oxygens (including phenoxy) is 1. The second kappa shape index (κ2) is 6.43. The van der Waals surface area contributed by atoms with Gasteiger partial charge in [0.1, 0.15) is 5.75 Å². The van der Waals surface area contributed by atoms with Crippen molar-refractivity contribution in [3.8, 4) is 5.75 Å². The topological polar surface area (TPSA) is 38.2 Å². The smallest absolute Gasteiger partial charge is 0.171 e. The van der Waals surface area contributed by atoms with Crippen molar-refractivity contribution in [3.05, 3.63) is 47.8 Å². The Labute approximate surface area is 124 Å². The average molecular weight is 289 g/mol. The lowest BCUT2D eigenvalue weighted by atomic mass is 10.3. The van der Waals surface area contributed by atoms with E-state index in [1.807, 2.05) is 31.3 Å². The van der Waals surface area contributed by atoms with Crippen LogP contribution in [0.4, 0.5) is 5.69 Å². The first kappa shape index (κ1) is 14.4. The van der Waals surface area contributed by atoms with Crippen LogP contribution >= 0.6 is 12.2 Å². The highest BCUT2D eigenvalue weighted by Gasteiger charge is 2.03. The molecule has 0 saturated carbocycles. The molecule has 0 unspecified atom stereocenters. The lowest BCUT2D eigenvalue weighted by molar-refractivity contribution is 0.415. The largest absolute Gasteiger partial charge is 0.497 e. The fourth-order valence-corrected chi connectivity index (χ4v) is 2.08. The maximum atomic E-state index is 5.29. The van der Waals surface area contributed by atoms with Crippen molar-refractivity contribution >= 4 is 23.0 Å². The quantitative estimate of drug-likeness (QED) is 0.849. The van der Waals surface area contributed by atoms with Crippen LogP contribution in [-0.4, -0.2) is 16.8 Å². The van der Waals surface area contributed by atoms with Gasteiger partial charge in [-0.3, -0.25) is 0 Å². The summed E-state index contributed by atoms with van der Waals surface area (Å²) in [6.07, 6.45) is 0. The van der Waals surface area contributed by atoms with E-state index in [9.17, 15) is 0 Å². The number of nitrogens with one attached hydrogen (secondary N) is 2. The summed E-state index contributed by atoms with van der Waals surface area (Å²) < 4.78 is 7.32. The van der Waals surface area contributed by atoms with Crippen molar-refractivity contribution in [3.63, 3.8) is 0 Å². The minimum atomic E-state index is 0.595. The molecule has 0 aliphatic carbocycles. The van der Waals surface area contributed by atoms with Crippen LogP contribution in [0.1, 0.15) is 11.4 Å². The summed E-state index contributed by atoms with van der Waals surface area (Å²) in [6, 6.07) is 11.9. The molecule has 2 N–H and O–H groups in total. The van der Waals surface area contributed by atoms with Crippen LogP contribution < -0.4 is 15.4 Å². The van der Waals surface area contributed by atoms with Crippen LogP contribution in [0.2, 0.25) is 0 Å². The Morgan fingerprint density at radius 2 is 2.10 bits per heavy atom. The Bertz CT molecular complexity index is 607. The molecule has 0 radical (unpaired) electrons. The predicted molar refractivity (Wildman–Crippen MR) is 86.2 cm³/mol. The van der Waals surface area contributed by atoms with Crippen molar-refractivity contribution in [2.75, 3.05) is 12.4 Å². The number of methoxy groups -OCH3 is 1. The number of aromatic nitrogens is 1. The number of nitrogens with zero attached hydrogens (tertiary/aromatic N) is 1. The van der Waals surface area contributed by atoms with Crippen LogP contribution in [0.5, 0.6) is 5.75 Å². The summed E-state index contributed by atoms with van der Waals surface area (Å²) in [6.45, 7) is 2.77. The zero-order valence-corrected chi connectivity index (χ0v) is 12.8. The summed E-state index contributed by atoms with van der Waals surface area (Å²) in [5, 5.41) is 6.94. The standard InChI is InChI=1S/C15H19N3OS/c1-11-7-8-13(18(11)2)10-16-15(20)17-12-5-4-6-14(9-12)19-3/h4-9H,10H2,1-3H3,(H2,16,17,20). The summed E-state index contributed by atoms with van der Waals surface area (Å²) in [5.74, 6) is 0.802. The summed E-state index contributed by atoms with van der Waals surface area (Å²) in [4.78, 5) is 0. The van der Waals surface area contributed by atoms with Gasteiger partial charge in [0.2, 0.25) is 0 Å². The van der Waals surface area contributed by atoms with Gasteiger partial charge in [-0.25, -0.2) is 0 Å². The van der Waals surface area contributed by atoms with Crippen molar-refractivity contribution in [1.82, 2.24) is 9.88 Å². The Balaban J connectivity index is 1.90. The first-order valence-electron chi connectivity index (χ1n) is 6.40. The van der Waals surface area contributed by atoms with E-state index in [-0.39, 0.29) is 0 Å². The number of rotatable bonds is 4. The summed E-state index contributed by atoms with van der Waals surface area (Å²) >= 11 is 5.29. The van der Waals surface area contributed by atoms with Gasteiger partial charge in [-0.15, -0.1) is 0 Å². The molecular formula is C15H19N3OS. The Morgan fingerprint density at radius 3 is 2.75 bits per heavy atom. The Morgan fingerprint density at radius 1 is 1.30 bits per heavy atom. The molecular weight excluding hydrogens is 270 g/mol. The molecule has 0 saturated heterocycles. The molecule has 0 spiro atoms. The zero-order valence-electron chi connectivity index (χ0n) is 11.9. The number of anilines is 1. The van der Waals surface area contributed by atoms with Gasteiger partial charge < -0.3 is 19.9 Å². The number of benzene rings is 1. The van der Waals surface area contributed by atoms with Crippen LogP contribution in [0, 0.1) is 6.92 Å². The molecule has 106 valence electrons. The molecule has 20 heavy (non-hydrogen) atoms. The molecule has 0 fully saturated rings. The molecule has 2 rings (SSSR count). The van der Waals surface area contributed by atoms with Gasteiger partial charge in [0, 0.05) is 30.2 Å². The minimum absolute atomic E-state index is 0.595. The van der Waals surface area contributed by atoms with Crippen molar-refractivity contribution < 1.29 is 4.74 Å². The van der Waals surface area contributed by atoms with Crippen LogP contribution in [-0.2, 0) is 13.6 Å². The predicted octanol–water partition coefficient (Wildman–Crippen LogP) is 2.83. The third-order valence-corrected chi connectivity index (χ3v) is 3.48. The van der Waals surface area contributed by atoms with Crippen molar-refractivity contribution in [1.29, 1.82) is 0 Å². The maximum absolute atomic E-state index is 5.29. The first-order chi connectivity index (χ1) is 9.60. The van der Waals surface area contributed by atoms with Crippen molar-refractivity contribution in [2.45, 2.75) is 13.5 Å². The molecule has 0 atom stereocenters. The lowest BCUT2D eigenvalue weighted by Gasteiger charge is -2.12. The first-order valence-corrected chi connectivity index (χ1v) is 6.81. The molecule has 0 amide bonds. The molecule has 0 bridgehead atoms. The average Bonchev–Trinajstić information content (AvgIpc) is 2.77. The highest BCUT2D eigenvalue weighted by Crippen LogP contribution is 2.16. The monoisotopic (exact) mass is 289 g/mol. The fourth-order valence-electron chi connectivity index (χ4n) is 1.89. The van der Waals surface area contributed by atoms with E-state index < -0.39 is 0 Å². The van der Waals surface area contributed by atoms with E-state index in [0.717, 1.165) is 11.4 Å². The highest BCUT2D eigenvalue weighted by molar-refractivity contribution is 7.80. The summed E-state index contributed by atoms with van der Waals surface area (Å²) in [5.41, 5.74) is 3.33. The Hall–Kier alpha value is -2.01. The van der Waals surface area contributed by atoms with Crippen molar-refractivity contribution in [2.24, 2.45) is 7.05 Å². The molecule has 1 heterocycles. The van der Waals surface area contributed by atoms with E-state index in [4.69, 9.17) is 17.0 Å². The minimum Gasteiger partial charge on any atom is -0.497 e. The van der Waals surface area contributed by atoms with Gasteiger partial charge in [0.15, 0.2) is 5.11 Å². The molecule has 1 aromatic carbocycles. The Kier molecular flexibility index (Phi) is 4.63. The fraction of sp³-hybridized carbons (Fsp3) is 0.267. The third kappa shape index (κ3) is 3.51. The maximum Gasteiger partial charge on any atom is 0.171 e. The number of hydrogen-bond donors (Lipinski definition) is 2.